The first-order valence-electron chi connectivity index (χ1n) is 6.11. The molecule has 1 saturated heterocycles. The lowest BCUT2D eigenvalue weighted by molar-refractivity contribution is -0.128. The molecule has 1 heterocycles. The molecule has 0 bridgehead atoms. The standard InChI is InChI=1S/C13H17N3O3/c1-14-6-11(17)9-3-2-4-10(5-9)16-8-12(18)15-7-13(16)19/h2-5,11,14,17H,6-8H2,1H3,(H,15,18). The molecule has 1 aromatic rings. The second-order valence-corrected chi connectivity index (χ2v) is 4.43. The Morgan fingerprint density at radius 1 is 1.47 bits per heavy atom. The average Bonchev–Trinajstić information content (AvgIpc) is 2.42. The highest BCUT2D eigenvalue weighted by Crippen LogP contribution is 2.21. The summed E-state index contributed by atoms with van der Waals surface area (Å²) >= 11 is 0. The van der Waals surface area contributed by atoms with Crippen molar-refractivity contribution in [3.63, 3.8) is 0 Å². The zero-order chi connectivity index (χ0) is 13.8. The van der Waals surface area contributed by atoms with Gasteiger partial charge in [-0.1, -0.05) is 12.1 Å². The van der Waals surface area contributed by atoms with Gasteiger partial charge in [-0.2, -0.15) is 0 Å². The fourth-order valence-electron chi connectivity index (χ4n) is 2.00. The third-order valence-electron chi connectivity index (χ3n) is 3.00. The highest BCUT2D eigenvalue weighted by molar-refractivity contribution is 6.04. The fraction of sp³-hybridized carbons (Fsp3) is 0.385. The summed E-state index contributed by atoms with van der Waals surface area (Å²) in [5, 5.41) is 15.3. The lowest BCUT2D eigenvalue weighted by Gasteiger charge is -2.27. The molecule has 2 rings (SSSR count). The Balaban J connectivity index is 2.22. The lowest BCUT2D eigenvalue weighted by atomic mass is 10.1. The van der Waals surface area contributed by atoms with Gasteiger partial charge in [0.05, 0.1) is 12.6 Å². The topological polar surface area (TPSA) is 81.7 Å². The Morgan fingerprint density at radius 2 is 2.26 bits per heavy atom. The summed E-state index contributed by atoms with van der Waals surface area (Å²) in [6, 6.07) is 7.05. The second-order valence-electron chi connectivity index (χ2n) is 4.43. The molecule has 1 unspecified atom stereocenters. The fourth-order valence-corrected chi connectivity index (χ4v) is 2.00. The van der Waals surface area contributed by atoms with Gasteiger partial charge >= 0.3 is 0 Å². The van der Waals surface area contributed by atoms with Crippen LogP contribution >= 0.6 is 0 Å². The van der Waals surface area contributed by atoms with Gasteiger partial charge in [-0.05, 0) is 24.7 Å². The van der Waals surface area contributed by atoms with Gasteiger partial charge in [0.2, 0.25) is 11.8 Å². The molecule has 0 spiro atoms. The Bertz CT molecular complexity index is 490. The van der Waals surface area contributed by atoms with Crippen LogP contribution in [-0.2, 0) is 9.59 Å². The number of carbonyl (C=O) groups excluding carboxylic acids is 2. The van der Waals surface area contributed by atoms with Crippen LogP contribution in [0.4, 0.5) is 5.69 Å². The van der Waals surface area contributed by atoms with Crippen LogP contribution in [0.3, 0.4) is 0 Å². The number of nitrogens with zero attached hydrogens (tertiary/aromatic N) is 1. The molecular weight excluding hydrogens is 246 g/mol. The van der Waals surface area contributed by atoms with Crippen molar-refractivity contribution in [2.45, 2.75) is 6.10 Å². The molecule has 1 aromatic carbocycles. The minimum atomic E-state index is -0.640. The molecule has 2 amide bonds. The summed E-state index contributed by atoms with van der Waals surface area (Å²) in [5.41, 5.74) is 1.35. The van der Waals surface area contributed by atoms with E-state index in [0.29, 0.717) is 17.8 Å². The normalized spacial score (nSPS) is 17.3. The maximum absolute atomic E-state index is 11.8. The first-order valence-corrected chi connectivity index (χ1v) is 6.11. The minimum Gasteiger partial charge on any atom is -0.387 e. The van der Waals surface area contributed by atoms with Gasteiger partial charge in [-0.25, -0.2) is 0 Å². The zero-order valence-electron chi connectivity index (χ0n) is 10.7. The summed E-state index contributed by atoms with van der Waals surface area (Å²) < 4.78 is 0. The van der Waals surface area contributed by atoms with Crippen LogP contribution in [0, 0.1) is 0 Å². The molecule has 3 N–H and O–H groups in total. The quantitative estimate of drug-likeness (QED) is 0.677. The summed E-state index contributed by atoms with van der Waals surface area (Å²) in [5.74, 6) is -0.333. The third-order valence-corrected chi connectivity index (χ3v) is 3.00. The predicted octanol–water partition coefficient (Wildman–Crippen LogP) is -0.598. The predicted molar refractivity (Wildman–Crippen MR) is 70.7 cm³/mol. The highest BCUT2D eigenvalue weighted by atomic mass is 16.3. The maximum Gasteiger partial charge on any atom is 0.246 e. The minimum absolute atomic E-state index is 0.0160. The van der Waals surface area contributed by atoms with Crippen LogP contribution in [0.2, 0.25) is 0 Å². The third kappa shape index (κ3) is 3.10. The average molecular weight is 263 g/mol. The largest absolute Gasteiger partial charge is 0.387 e. The van der Waals surface area contributed by atoms with E-state index in [1.54, 1.807) is 31.3 Å². The smallest absolute Gasteiger partial charge is 0.246 e. The van der Waals surface area contributed by atoms with Crippen molar-refractivity contribution in [2.24, 2.45) is 0 Å². The summed E-state index contributed by atoms with van der Waals surface area (Å²) in [7, 11) is 1.76. The van der Waals surface area contributed by atoms with Crippen LogP contribution in [0.1, 0.15) is 11.7 Å². The summed E-state index contributed by atoms with van der Waals surface area (Å²) in [6.07, 6.45) is -0.640. The Labute approximate surface area is 111 Å². The molecule has 1 atom stereocenters. The van der Waals surface area contributed by atoms with Crippen molar-refractivity contribution >= 4 is 17.5 Å². The van der Waals surface area contributed by atoms with E-state index in [9.17, 15) is 14.7 Å². The molecule has 19 heavy (non-hydrogen) atoms. The molecular formula is C13H17N3O3. The van der Waals surface area contributed by atoms with Crippen LogP contribution in [0.25, 0.3) is 0 Å². The van der Waals surface area contributed by atoms with E-state index in [-0.39, 0.29) is 24.9 Å². The van der Waals surface area contributed by atoms with E-state index in [1.807, 2.05) is 0 Å². The molecule has 0 aliphatic carbocycles. The van der Waals surface area contributed by atoms with Crippen molar-refractivity contribution in [2.75, 3.05) is 31.6 Å². The first kappa shape index (κ1) is 13.5. The number of benzene rings is 1. The SMILES string of the molecule is CNCC(O)c1cccc(N2CC(=O)NCC2=O)c1. The van der Waals surface area contributed by atoms with Gasteiger partial charge in [0, 0.05) is 12.2 Å². The van der Waals surface area contributed by atoms with Gasteiger partial charge < -0.3 is 20.6 Å². The highest BCUT2D eigenvalue weighted by Gasteiger charge is 2.24. The van der Waals surface area contributed by atoms with Crippen molar-refractivity contribution in [3.8, 4) is 0 Å². The van der Waals surface area contributed by atoms with Crippen molar-refractivity contribution in [1.82, 2.24) is 10.6 Å². The number of amides is 2. The molecule has 102 valence electrons. The first-order chi connectivity index (χ1) is 9.11. The number of piperazine rings is 1. The van der Waals surface area contributed by atoms with E-state index in [2.05, 4.69) is 10.6 Å². The second kappa shape index (κ2) is 5.81. The number of hydrogen-bond acceptors (Lipinski definition) is 4. The van der Waals surface area contributed by atoms with E-state index < -0.39 is 6.10 Å². The zero-order valence-corrected chi connectivity index (χ0v) is 10.7. The number of anilines is 1. The van der Waals surface area contributed by atoms with Crippen molar-refractivity contribution in [1.29, 1.82) is 0 Å². The van der Waals surface area contributed by atoms with E-state index in [1.165, 1.54) is 4.90 Å². The van der Waals surface area contributed by atoms with E-state index >= 15 is 0 Å². The van der Waals surface area contributed by atoms with Gasteiger partial charge in [-0.3, -0.25) is 9.59 Å². The number of likely N-dealkylation sites (N-methyl/N-ethyl adjacent to an activating group) is 1. The Kier molecular flexibility index (Phi) is 4.13. The van der Waals surface area contributed by atoms with Crippen molar-refractivity contribution < 1.29 is 14.7 Å². The molecule has 1 aliphatic heterocycles. The van der Waals surface area contributed by atoms with Gasteiger partial charge in [-0.15, -0.1) is 0 Å². The number of nitrogens with one attached hydrogen (secondary N) is 2. The maximum atomic E-state index is 11.8. The van der Waals surface area contributed by atoms with Crippen LogP contribution in [0.5, 0.6) is 0 Å². The van der Waals surface area contributed by atoms with Gasteiger partial charge in [0.1, 0.15) is 6.54 Å². The Morgan fingerprint density at radius 3 is 3.00 bits per heavy atom. The van der Waals surface area contributed by atoms with Gasteiger partial charge in [0.25, 0.3) is 0 Å². The molecule has 6 nitrogen and oxygen atoms in total. The van der Waals surface area contributed by atoms with Gasteiger partial charge in [0.15, 0.2) is 0 Å². The number of rotatable bonds is 4. The summed E-state index contributed by atoms with van der Waals surface area (Å²) in [6.45, 7) is 0.463. The summed E-state index contributed by atoms with van der Waals surface area (Å²) in [4.78, 5) is 24.6. The van der Waals surface area contributed by atoms with E-state index in [0.717, 1.165) is 0 Å². The van der Waals surface area contributed by atoms with Crippen LogP contribution < -0.4 is 15.5 Å². The Hall–Kier alpha value is -1.92. The monoisotopic (exact) mass is 263 g/mol. The molecule has 1 fully saturated rings. The molecule has 6 heteroatoms. The number of aliphatic hydroxyl groups excluding tert-OH is 1. The molecule has 0 aromatic heterocycles. The molecule has 1 aliphatic rings. The molecule has 0 radical (unpaired) electrons. The lowest BCUT2D eigenvalue weighted by Crippen LogP contribution is -2.51. The van der Waals surface area contributed by atoms with Crippen LogP contribution in [-0.4, -0.2) is 43.6 Å². The number of carbonyl (C=O) groups is 2. The van der Waals surface area contributed by atoms with Crippen molar-refractivity contribution in [3.05, 3.63) is 29.8 Å². The number of aliphatic hydroxyl groups is 1. The number of hydrogen-bond donors (Lipinski definition) is 3. The van der Waals surface area contributed by atoms with Crippen LogP contribution in [0.15, 0.2) is 24.3 Å². The van der Waals surface area contributed by atoms with E-state index in [4.69, 9.17) is 0 Å². The molecule has 0 saturated carbocycles.